The lowest BCUT2D eigenvalue weighted by Crippen LogP contribution is -2.29. The molecule has 1 aliphatic heterocycles. The molecule has 2 rings (SSSR count). The first kappa shape index (κ1) is 15.0. The van der Waals surface area contributed by atoms with Gasteiger partial charge in [0, 0.05) is 13.2 Å². The highest BCUT2D eigenvalue weighted by Gasteiger charge is 2.15. The summed E-state index contributed by atoms with van der Waals surface area (Å²) in [5, 5.41) is 2.89. The third-order valence-corrected chi connectivity index (χ3v) is 3.54. The number of amides is 1. The Morgan fingerprint density at radius 3 is 2.90 bits per heavy atom. The summed E-state index contributed by atoms with van der Waals surface area (Å²) in [6.45, 7) is 4.11. The van der Waals surface area contributed by atoms with Gasteiger partial charge in [0.25, 0.3) is 0 Å². The SMILES string of the molecule is CCc1ccccc1CNC(=O)COC[C@@H]1CCCO1. The maximum atomic E-state index is 11.7. The molecule has 4 nitrogen and oxygen atoms in total. The molecule has 1 atom stereocenters. The van der Waals surface area contributed by atoms with Crippen molar-refractivity contribution in [3.05, 3.63) is 35.4 Å². The molecule has 110 valence electrons. The third-order valence-electron chi connectivity index (χ3n) is 3.54. The fourth-order valence-electron chi connectivity index (χ4n) is 2.38. The number of carbonyl (C=O) groups is 1. The smallest absolute Gasteiger partial charge is 0.246 e. The molecule has 1 aliphatic rings. The van der Waals surface area contributed by atoms with Gasteiger partial charge in [0.2, 0.25) is 5.91 Å². The van der Waals surface area contributed by atoms with Crippen LogP contribution in [0.3, 0.4) is 0 Å². The van der Waals surface area contributed by atoms with Gasteiger partial charge in [0.1, 0.15) is 6.61 Å². The molecule has 20 heavy (non-hydrogen) atoms. The van der Waals surface area contributed by atoms with E-state index in [1.54, 1.807) is 0 Å². The number of hydrogen-bond donors (Lipinski definition) is 1. The van der Waals surface area contributed by atoms with E-state index in [4.69, 9.17) is 9.47 Å². The second-order valence-electron chi connectivity index (χ2n) is 5.05. The minimum Gasteiger partial charge on any atom is -0.376 e. The molecule has 1 N–H and O–H groups in total. The van der Waals surface area contributed by atoms with Crippen molar-refractivity contribution in [1.82, 2.24) is 5.32 Å². The van der Waals surface area contributed by atoms with E-state index in [0.717, 1.165) is 25.9 Å². The van der Waals surface area contributed by atoms with E-state index in [1.165, 1.54) is 11.1 Å². The summed E-state index contributed by atoms with van der Waals surface area (Å²) in [5.74, 6) is -0.0751. The number of aryl methyl sites for hydroxylation is 1. The van der Waals surface area contributed by atoms with Crippen molar-refractivity contribution < 1.29 is 14.3 Å². The largest absolute Gasteiger partial charge is 0.376 e. The van der Waals surface area contributed by atoms with Gasteiger partial charge >= 0.3 is 0 Å². The van der Waals surface area contributed by atoms with Crippen LogP contribution >= 0.6 is 0 Å². The number of benzene rings is 1. The Hall–Kier alpha value is -1.39. The van der Waals surface area contributed by atoms with Crippen LogP contribution in [0.25, 0.3) is 0 Å². The molecular weight excluding hydrogens is 254 g/mol. The van der Waals surface area contributed by atoms with Gasteiger partial charge in [-0.15, -0.1) is 0 Å². The zero-order chi connectivity index (χ0) is 14.2. The number of nitrogens with one attached hydrogen (secondary N) is 1. The molecule has 0 saturated carbocycles. The van der Waals surface area contributed by atoms with Gasteiger partial charge in [-0.05, 0) is 30.4 Å². The zero-order valence-electron chi connectivity index (χ0n) is 12.1. The van der Waals surface area contributed by atoms with Gasteiger partial charge in [0.15, 0.2) is 0 Å². The number of rotatable bonds is 7. The topological polar surface area (TPSA) is 47.6 Å². The monoisotopic (exact) mass is 277 g/mol. The molecule has 1 saturated heterocycles. The van der Waals surface area contributed by atoms with E-state index < -0.39 is 0 Å². The van der Waals surface area contributed by atoms with Crippen LogP contribution in [0, 0.1) is 0 Å². The highest BCUT2D eigenvalue weighted by atomic mass is 16.5. The summed E-state index contributed by atoms with van der Waals surface area (Å²) >= 11 is 0. The van der Waals surface area contributed by atoms with Gasteiger partial charge in [0.05, 0.1) is 12.7 Å². The van der Waals surface area contributed by atoms with Gasteiger partial charge in [-0.1, -0.05) is 31.2 Å². The number of hydrogen-bond acceptors (Lipinski definition) is 3. The molecule has 1 aromatic rings. The van der Waals surface area contributed by atoms with Crippen LogP contribution in [-0.4, -0.2) is 31.8 Å². The summed E-state index contributed by atoms with van der Waals surface area (Å²) in [4.78, 5) is 11.7. The Kier molecular flexibility index (Phi) is 6.02. The minimum atomic E-state index is -0.0751. The van der Waals surface area contributed by atoms with E-state index in [9.17, 15) is 4.79 Å². The van der Waals surface area contributed by atoms with E-state index in [0.29, 0.717) is 13.2 Å². The highest BCUT2D eigenvalue weighted by molar-refractivity contribution is 5.77. The van der Waals surface area contributed by atoms with Crippen LogP contribution in [-0.2, 0) is 27.2 Å². The average Bonchev–Trinajstić information content (AvgIpc) is 2.98. The standard InChI is InChI=1S/C16H23NO3/c1-2-13-6-3-4-7-14(13)10-17-16(18)12-19-11-15-8-5-9-20-15/h3-4,6-7,15H,2,5,8-12H2,1H3,(H,17,18)/t15-/m0/s1. The van der Waals surface area contributed by atoms with Crippen LogP contribution in [0.4, 0.5) is 0 Å². The normalized spacial score (nSPS) is 18.1. The molecule has 1 amide bonds. The van der Waals surface area contributed by atoms with Crippen molar-refractivity contribution in [1.29, 1.82) is 0 Å². The number of ether oxygens (including phenoxy) is 2. The summed E-state index contributed by atoms with van der Waals surface area (Å²) in [6, 6.07) is 8.16. The molecule has 0 aromatic heterocycles. The molecule has 1 heterocycles. The van der Waals surface area contributed by atoms with E-state index in [-0.39, 0.29) is 18.6 Å². The Morgan fingerprint density at radius 1 is 1.40 bits per heavy atom. The summed E-state index contributed by atoms with van der Waals surface area (Å²) < 4.78 is 10.8. The average molecular weight is 277 g/mol. The van der Waals surface area contributed by atoms with Crippen molar-refractivity contribution in [2.75, 3.05) is 19.8 Å². The first-order valence-corrected chi connectivity index (χ1v) is 7.32. The van der Waals surface area contributed by atoms with E-state index >= 15 is 0 Å². The Morgan fingerprint density at radius 2 is 2.20 bits per heavy atom. The van der Waals surface area contributed by atoms with Gasteiger partial charge in [-0.3, -0.25) is 4.79 Å². The summed E-state index contributed by atoms with van der Waals surface area (Å²) in [6.07, 6.45) is 3.27. The molecule has 0 spiro atoms. The second-order valence-corrected chi connectivity index (χ2v) is 5.05. The van der Waals surface area contributed by atoms with Crippen molar-refractivity contribution >= 4 is 5.91 Å². The van der Waals surface area contributed by atoms with E-state index in [1.807, 2.05) is 18.2 Å². The Bertz CT molecular complexity index is 427. The van der Waals surface area contributed by atoms with Crippen molar-refractivity contribution in [3.8, 4) is 0 Å². The molecular formula is C16H23NO3. The first-order valence-electron chi connectivity index (χ1n) is 7.32. The summed E-state index contributed by atoms with van der Waals surface area (Å²) in [5.41, 5.74) is 2.44. The molecule has 0 unspecified atom stereocenters. The molecule has 1 aromatic carbocycles. The quantitative estimate of drug-likeness (QED) is 0.830. The Balaban J connectivity index is 1.66. The fourth-order valence-corrected chi connectivity index (χ4v) is 2.38. The predicted molar refractivity (Wildman–Crippen MR) is 77.5 cm³/mol. The Labute approximate surface area is 120 Å². The highest BCUT2D eigenvalue weighted by Crippen LogP contribution is 2.12. The molecule has 0 bridgehead atoms. The lowest BCUT2D eigenvalue weighted by atomic mass is 10.1. The lowest BCUT2D eigenvalue weighted by molar-refractivity contribution is -0.127. The maximum Gasteiger partial charge on any atom is 0.246 e. The van der Waals surface area contributed by atoms with Crippen LogP contribution in [0.2, 0.25) is 0 Å². The molecule has 1 fully saturated rings. The van der Waals surface area contributed by atoms with Crippen molar-refractivity contribution in [3.63, 3.8) is 0 Å². The van der Waals surface area contributed by atoms with Crippen molar-refractivity contribution in [2.24, 2.45) is 0 Å². The third kappa shape index (κ3) is 4.62. The minimum absolute atomic E-state index is 0.0751. The van der Waals surface area contributed by atoms with Gasteiger partial charge < -0.3 is 14.8 Å². The lowest BCUT2D eigenvalue weighted by Gasteiger charge is -2.11. The van der Waals surface area contributed by atoms with E-state index in [2.05, 4.69) is 18.3 Å². The summed E-state index contributed by atoms with van der Waals surface area (Å²) in [7, 11) is 0. The van der Waals surface area contributed by atoms with Crippen LogP contribution in [0.5, 0.6) is 0 Å². The first-order chi connectivity index (χ1) is 9.79. The zero-order valence-corrected chi connectivity index (χ0v) is 12.1. The maximum absolute atomic E-state index is 11.7. The fraction of sp³-hybridized carbons (Fsp3) is 0.562. The van der Waals surface area contributed by atoms with Gasteiger partial charge in [-0.25, -0.2) is 0 Å². The second kappa shape index (κ2) is 8.02. The van der Waals surface area contributed by atoms with Crippen LogP contribution < -0.4 is 5.32 Å². The molecule has 0 aliphatic carbocycles. The number of carbonyl (C=O) groups excluding carboxylic acids is 1. The van der Waals surface area contributed by atoms with Gasteiger partial charge in [-0.2, -0.15) is 0 Å². The van der Waals surface area contributed by atoms with Crippen molar-refractivity contribution in [2.45, 2.75) is 38.8 Å². The van der Waals surface area contributed by atoms with Crippen LogP contribution in [0.1, 0.15) is 30.9 Å². The predicted octanol–water partition coefficient (Wildman–Crippen LogP) is 2.06. The molecule has 0 radical (unpaired) electrons. The van der Waals surface area contributed by atoms with Crippen LogP contribution in [0.15, 0.2) is 24.3 Å². The molecule has 4 heteroatoms.